The van der Waals surface area contributed by atoms with Crippen LogP contribution in [0.15, 0.2) is 94.2 Å². The number of carbonyl (C=O) groups excluding carboxylic acids is 1. The Morgan fingerprint density at radius 1 is 1.00 bits per heavy atom. The average Bonchev–Trinajstić information content (AvgIpc) is 3.24. The van der Waals surface area contributed by atoms with Crippen LogP contribution in [0.25, 0.3) is 10.2 Å². The van der Waals surface area contributed by atoms with Gasteiger partial charge in [0.25, 0.3) is 0 Å². The highest BCUT2D eigenvalue weighted by Crippen LogP contribution is 2.28. The Morgan fingerprint density at radius 2 is 1.71 bits per heavy atom. The number of aromatic nitrogens is 1. The maximum Gasteiger partial charge on any atom is 0.204 e. The Labute approximate surface area is 182 Å². The zero-order valence-corrected chi connectivity index (χ0v) is 17.5. The number of hydrogen-bond acceptors (Lipinski definition) is 7. The van der Waals surface area contributed by atoms with E-state index in [1.807, 2.05) is 30.3 Å². The molecule has 0 saturated heterocycles. The van der Waals surface area contributed by atoms with Gasteiger partial charge < -0.3 is 5.11 Å². The van der Waals surface area contributed by atoms with Crippen molar-refractivity contribution < 1.29 is 9.90 Å². The van der Waals surface area contributed by atoms with Gasteiger partial charge in [-0.3, -0.25) is 10.2 Å². The summed E-state index contributed by atoms with van der Waals surface area (Å²) in [5, 5.41) is 23.7. The lowest BCUT2D eigenvalue weighted by atomic mass is 9.99. The fourth-order valence-electron chi connectivity index (χ4n) is 2.91. The Kier molecular flexibility index (Phi) is 6.21. The number of Topliss-reactive ketones (excluding diaryl/α,β-unsaturated/α-hetero) is 1. The van der Waals surface area contributed by atoms with Crippen molar-refractivity contribution in [2.45, 2.75) is 13.0 Å². The highest BCUT2D eigenvalue weighted by molar-refractivity contribution is 7.22. The van der Waals surface area contributed by atoms with Crippen LogP contribution < -0.4 is 5.43 Å². The number of nitrogens with one attached hydrogen (secondary N) is 1. The van der Waals surface area contributed by atoms with E-state index in [2.05, 4.69) is 25.7 Å². The first-order valence-corrected chi connectivity index (χ1v) is 10.4. The highest BCUT2D eigenvalue weighted by Gasteiger charge is 2.21. The van der Waals surface area contributed by atoms with Gasteiger partial charge in [-0.25, -0.2) is 4.98 Å². The van der Waals surface area contributed by atoms with Gasteiger partial charge in [-0.05, 0) is 25.1 Å². The molecule has 0 aliphatic heterocycles. The number of para-hydroxylation sites is 1. The van der Waals surface area contributed by atoms with Gasteiger partial charge in [-0.2, -0.15) is 5.10 Å². The van der Waals surface area contributed by atoms with Crippen LogP contribution in [0.2, 0.25) is 0 Å². The lowest BCUT2D eigenvalue weighted by molar-refractivity contribution is 0.0748. The molecule has 0 bridgehead atoms. The zero-order valence-electron chi connectivity index (χ0n) is 16.6. The molecule has 0 aliphatic carbocycles. The number of aliphatic hydroxyl groups excluding tert-OH is 1. The molecule has 7 nitrogen and oxygen atoms in total. The lowest BCUT2D eigenvalue weighted by Gasteiger charge is -2.12. The van der Waals surface area contributed by atoms with E-state index in [0.717, 1.165) is 10.2 Å². The van der Waals surface area contributed by atoms with Crippen molar-refractivity contribution in [1.82, 2.24) is 4.98 Å². The summed E-state index contributed by atoms with van der Waals surface area (Å²) in [7, 11) is 0. The number of hydrogen-bond donors (Lipinski definition) is 2. The van der Waals surface area contributed by atoms with E-state index < -0.39 is 11.9 Å². The maximum atomic E-state index is 12.6. The third-order valence-corrected chi connectivity index (χ3v) is 5.39. The molecule has 0 spiro atoms. The van der Waals surface area contributed by atoms with Crippen molar-refractivity contribution in [1.29, 1.82) is 0 Å². The van der Waals surface area contributed by atoms with E-state index in [4.69, 9.17) is 0 Å². The smallest absolute Gasteiger partial charge is 0.204 e. The number of aliphatic hydroxyl groups is 1. The molecule has 4 aromatic rings. The molecule has 1 atom stereocenters. The van der Waals surface area contributed by atoms with Crippen molar-refractivity contribution in [3.63, 3.8) is 0 Å². The summed E-state index contributed by atoms with van der Waals surface area (Å²) >= 11 is 1.49. The molecule has 4 rings (SSSR count). The summed E-state index contributed by atoms with van der Waals surface area (Å²) in [4.78, 5) is 17.1. The van der Waals surface area contributed by atoms with Crippen LogP contribution in [0.3, 0.4) is 0 Å². The molecule has 0 fully saturated rings. The summed E-state index contributed by atoms with van der Waals surface area (Å²) in [6.07, 6.45) is -1.34. The van der Waals surface area contributed by atoms with Crippen LogP contribution in [0.4, 0.5) is 10.8 Å². The second-order valence-corrected chi connectivity index (χ2v) is 7.68. The number of amidine groups is 1. The largest absolute Gasteiger partial charge is 0.380 e. The molecule has 0 aliphatic rings. The van der Waals surface area contributed by atoms with Crippen LogP contribution in [0.5, 0.6) is 0 Å². The molecule has 2 N–H and O–H groups in total. The molecule has 31 heavy (non-hydrogen) atoms. The fraction of sp³-hybridized carbons (Fsp3) is 0.0870. The molecule has 154 valence electrons. The minimum absolute atomic E-state index is 0.373. The van der Waals surface area contributed by atoms with E-state index in [9.17, 15) is 9.90 Å². The first-order chi connectivity index (χ1) is 15.1. The van der Waals surface area contributed by atoms with Crippen LogP contribution in [0, 0.1) is 0 Å². The first kappa shape index (κ1) is 20.5. The predicted molar refractivity (Wildman–Crippen MR) is 123 cm³/mol. The standard InChI is InChI=1S/C23H19N5O2S/c1-15(26-28-23-24-19-13-7-8-14-20(19)31-23)25-27-18-12-6-5-11-17(18)22(30)21(29)16-9-3-2-4-10-16/h2-14,22,30H,1H3,(H,24,28). The van der Waals surface area contributed by atoms with Crippen molar-refractivity contribution in [3.8, 4) is 0 Å². The fourth-order valence-corrected chi connectivity index (χ4v) is 3.72. The Morgan fingerprint density at radius 3 is 2.52 bits per heavy atom. The number of rotatable bonds is 6. The normalized spacial score (nSPS) is 12.9. The molecule has 1 heterocycles. The molecule has 3 aromatic carbocycles. The molecule has 0 radical (unpaired) electrons. The number of hydrazone groups is 1. The molecular weight excluding hydrogens is 410 g/mol. The van der Waals surface area contributed by atoms with E-state index in [0.29, 0.717) is 27.8 Å². The van der Waals surface area contributed by atoms with Crippen LogP contribution in [0.1, 0.15) is 28.9 Å². The maximum absolute atomic E-state index is 12.6. The molecule has 1 aromatic heterocycles. The third kappa shape index (κ3) is 4.88. The molecule has 1 unspecified atom stereocenters. The molecule has 0 saturated carbocycles. The SMILES string of the molecule is CC(N=Nc1ccccc1C(O)C(=O)c1ccccc1)=NNc1nc2ccccc2s1. The van der Waals surface area contributed by atoms with E-state index in [1.54, 1.807) is 55.5 Å². The third-order valence-electron chi connectivity index (χ3n) is 4.45. The summed E-state index contributed by atoms with van der Waals surface area (Å²) in [5.74, 6) is -0.0240. The molecular formula is C23H19N5O2S. The summed E-state index contributed by atoms with van der Waals surface area (Å²) < 4.78 is 1.06. The Balaban J connectivity index is 1.49. The molecule has 0 amide bonds. The first-order valence-electron chi connectivity index (χ1n) is 9.55. The predicted octanol–water partition coefficient (Wildman–Crippen LogP) is 5.74. The zero-order chi connectivity index (χ0) is 21.6. The van der Waals surface area contributed by atoms with Gasteiger partial charge in [0.15, 0.2) is 11.6 Å². The number of carbonyl (C=O) groups is 1. The Bertz CT molecular complexity index is 1230. The van der Waals surface area contributed by atoms with E-state index in [-0.39, 0.29) is 0 Å². The number of benzene rings is 3. The van der Waals surface area contributed by atoms with E-state index in [1.165, 1.54) is 11.3 Å². The van der Waals surface area contributed by atoms with E-state index >= 15 is 0 Å². The van der Waals surface area contributed by atoms with Gasteiger partial charge in [-0.1, -0.05) is 72.0 Å². The number of fused-ring (bicyclic) bond motifs is 1. The van der Waals surface area contributed by atoms with Gasteiger partial charge in [0.05, 0.1) is 15.9 Å². The minimum atomic E-state index is -1.34. The Hall–Kier alpha value is -3.75. The number of anilines is 1. The van der Waals surface area contributed by atoms with Crippen LogP contribution in [-0.4, -0.2) is 21.7 Å². The van der Waals surface area contributed by atoms with Crippen molar-refractivity contribution >= 4 is 44.0 Å². The monoisotopic (exact) mass is 429 g/mol. The lowest BCUT2D eigenvalue weighted by Crippen LogP contribution is -2.12. The van der Waals surface area contributed by atoms with Crippen LogP contribution >= 0.6 is 11.3 Å². The number of ketones is 1. The summed E-state index contributed by atoms with van der Waals surface area (Å²) in [6, 6.07) is 23.3. The van der Waals surface area contributed by atoms with Crippen LogP contribution in [-0.2, 0) is 0 Å². The van der Waals surface area contributed by atoms with Crippen molar-refractivity contribution in [2.75, 3.05) is 5.43 Å². The second kappa shape index (κ2) is 9.38. The summed E-state index contributed by atoms with van der Waals surface area (Å²) in [6.45, 7) is 1.69. The highest BCUT2D eigenvalue weighted by atomic mass is 32.1. The molecule has 8 heteroatoms. The number of thiazole rings is 1. The van der Waals surface area contributed by atoms with Crippen molar-refractivity contribution in [2.24, 2.45) is 15.3 Å². The van der Waals surface area contributed by atoms with Gasteiger partial charge >= 0.3 is 0 Å². The van der Waals surface area contributed by atoms with Gasteiger partial charge in [0.1, 0.15) is 6.10 Å². The van der Waals surface area contributed by atoms with Gasteiger partial charge in [0.2, 0.25) is 5.13 Å². The van der Waals surface area contributed by atoms with Gasteiger partial charge in [0, 0.05) is 11.1 Å². The van der Waals surface area contributed by atoms with Crippen molar-refractivity contribution in [3.05, 3.63) is 90.0 Å². The number of nitrogens with zero attached hydrogens (tertiary/aromatic N) is 4. The quantitative estimate of drug-likeness (QED) is 0.134. The number of azo groups is 1. The minimum Gasteiger partial charge on any atom is -0.380 e. The summed E-state index contributed by atoms with van der Waals surface area (Å²) in [5.41, 5.74) is 4.99. The van der Waals surface area contributed by atoms with Gasteiger partial charge in [-0.15, -0.1) is 10.2 Å². The second-order valence-electron chi connectivity index (χ2n) is 6.65. The average molecular weight is 430 g/mol. The topological polar surface area (TPSA) is 99.3 Å².